The maximum Gasteiger partial charge on any atom is 0.282 e. The predicted octanol–water partition coefficient (Wildman–Crippen LogP) is 6.09. The molecule has 1 amide bonds. The van der Waals surface area contributed by atoms with Gasteiger partial charge in [-0.2, -0.15) is 5.06 Å². The van der Waals surface area contributed by atoms with Gasteiger partial charge in [0, 0.05) is 24.2 Å². The van der Waals surface area contributed by atoms with E-state index in [1.807, 2.05) is 31.2 Å². The number of allylic oxidation sites excluding steroid dienone is 1. The molecule has 2 heterocycles. The average Bonchev–Trinajstić information content (AvgIpc) is 3.53. The number of nitrogens with zero attached hydrogens (tertiary/aromatic N) is 2. The Morgan fingerprint density at radius 3 is 2.14 bits per heavy atom. The fourth-order valence-electron chi connectivity index (χ4n) is 4.92. The minimum Gasteiger partial charge on any atom is -0.493 e. The molecule has 0 saturated carbocycles. The number of ether oxygens (including phenoxy) is 6. The molecule has 0 aliphatic carbocycles. The Morgan fingerprint density at radius 2 is 1.60 bits per heavy atom. The van der Waals surface area contributed by atoms with Gasteiger partial charge in [-0.25, -0.2) is 0 Å². The zero-order valence-corrected chi connectivity index (χ0v) is 24.7. The zero-order chi connectivity index (χ0) is 30.1. The third-order valence-electron chi connectivity index (χ3n) is 6.98. The van der Waals surface area contributed by atoms with Crippen molar-refractivity contribution in [2.75, 3.05) is 35.0 Å². The second-order valence-corrected chi connectivity index (χ2v) is 9.69. The highest BCUT2D eigenvalue weighted by Crippen LogP contribution is 2.47. The number of carbonyl (C=O) groups is 1. The van der Waals surface area contributed by atoms with Crippen LogP contribution < -0.4 is 23.7 Å². The number of aromatic nitrogens is 1. The van der Waals surface area contributed by atoms with Crippen molar-refractivity contribution in [3.8, 4) is 28.7 Å². The first-order valence-corrected chi connectivity index (χ1v) is 13.8. The molecule has 224 valence electrons. The average molecular weight is 579 g/mol. The van der Waals surface area contributed by atoms with Crippen molar-refractivity contribution in [3.63, 3.8) is 0 Å². The minimum atomic E-state index is -0.578. The SMILES string of the molecule is CCCOc1c(CC=CN(O)C(=O)c2cccnc2)cc([C@@H]2CC[C@@H](c3cc(OC)c(OC)c(OC)c3)O2)cc1OC. The van der Waals surface area contributed by atoms with Crippen LogP contribution >= 0.6 is 0 Å². The van der Waals surface area contributed by atoms with Gasteiger partial charge >= 0.3 is 0 Å². The van der Waals surface area contributed by atoms with Crippen molar-refractivity contribution in [2.24, 2.45) is 0 Å². The fraction of sp³-hybridized carbons (Fsp3) is 0.375. The van der Waals surface area contributed by atoms with Gasteiger partial charge in [-0.1, -0.05) is 13.0 Å². The largest absolute Gasteiger partial charge is 0.493 e. The van der Waals surface area contributed by atoms with Crippen molar-refractivity contribution in [3.05, 3.63) is 83.3 Å². The number of hydroxylamine groups is 2. The van der Waals surface area contributed by atoms with Crippen molar-refractivity contribution >= 4 is 5.91 Å². The molecule has 3 aromatic rings. The highest BCUT2D eigenvalue weighted by molar-refractivity contribution is 5.93. The number of amides is 1. The first-order valence-electron chi connectivity index (χ1n) is 13.8. The number of methoxy groups -OCH3 is 4. The summed E-state index contributed by atoms with van der Waals surface area (Å²) in [6.45, 7) is 2.55. The van der Waals surface area contributed by atoms with Crippen molar-refractivity contribution in [1.82, 2.24) is 10.0 Å². The molecule has 1 aliphatic heterocycles. The monoisotopic (exact) mass is 578 g/mol. The number of hydrogen-bond acceptors (Lipinski definition) is 9. The van der Waals surface area contributed by atoms with E-state index in [1.165, 1.54) is 12.4 Å². The molecular weight excluding hydrogens is 540 g/mol. The normalized spacial score (nSPS) is 16.3. The smallest absolute Gasteiger partial charge is 0.282 e. The van der Waals surface area contributed by atoms with Crippen molar-refractivity contribution in [1.29, 1.82) is 0 Å². The third-order valence-corrected chi connectivity index (χ3v) is 6.98. The Morgan fingerprint density at radius 1 is 0.976 bits per heavy atom. The first kappa shape index (κ1) is 30.7. The lowest BCUT2D eigenvalue weighted by Gasteiger charge is -2.20. The third kappa shape index (κ3) is 6.95. The number of carbonyl (C=O) groups excluding carboxylic acids is 1. The van der Waals surface area contributed by atoms with Gasteiger partial charge in [0.25, 0.3) is 5.91 Å². The van der Waals surface area contributed by atoms with Crippen LogP contribution in [-0.4, -0.2) is 56.2 Å². The molecule has 4 rings (SSSR count). The Labute approximate surface area is 246 Å². The standard InChI is InChI=1S/C32H38N2O8/c1-6-15-41-30-21(10-8-14-34(36)32(35)22-9-7-13-33-20-22)16-23(17-27(30)37-2)25-11-12-26(42-25)24-18-28(38-3)31(40-5)29(19-24)39-4/h7-9,13-14,16-20,25-26,36H,6,10-12,15H2,1-5H3/t25-,26-/m0/s1. The Hall–Kier alpha value is -4.28. The van der Waals surface area contributed by atoms with E-state index in [9.17, 15) is 10.0 Å². The van der Waals surface area contributed by atoms with Gasteiger partial charge in [0.2, 0.25) is 5.75 Å². The zero-order valence-electron chi connectivity index (χ0n) is 24.7. The molecule has 0 radical (unpaired) electrons. The molecule has 1 saturated heterocycles. The number of rotatable bonds is 13. The lowest BCUT2D eigenvalue weighted by Crippen LogP contribution is -2.21. The summed E-state index contributed by atoms with van der Waals surface area (Å²) in [7, 11) is 6.36. The first-order chi connectivity index (χ1) is 20.4. The number of hydrogen-bond donors (Lipinski definition) is 1. The predicted molar refractivity (Wildman–Crippen MR) is 156 cm³/mol. The van der Waals surface area contributed by atoms with Crippen LogP contribution in [-0.2, 0) is 11.2 Å². The van der Waals surface area contributed by atoms with Crippen molar-refractivity contribution in [2.45, 2.75) is 44.8 Å². The maximum absolute atomic E-state index is 12.5. The topological polar surface area (TPSA) is 109 Å². The summed E-state index contributed by atoms with van der Waals surface area (Å²) < 4.78 is 34.9. The molecule has 2 atom stereocenters. The van der Waals surface area contributed by atoms with Gasteiger partial charge in [0.1, 0.15) is 0 Å². The van der Waals surface area contributed by atoms with E-state index >= 15 is 0 Å². The molecule has 1 fully saturated rings. The lowest BCUT2D eigenvalue weighted by atomic mass is 9.99. The van der Waals surface area contributed by atoms with Gasteiger partial charge in [-0.05, 0) is 73.2 Å². The molecule has 0 bridgehead atoms. The van der Waals surface area contributed by atoms with Crippen LogP contribution in [0.2, 0.25) is 0 Å². The summed E-state index contributed by atoms with van der Waals surface area (Å²) >= 11 is 0. The summed E-state index contributed by atoms with van der Waals surface area (Å²) in [6.07, 6.45) is 8.41. The Balaban J connectivity index is 1.57. The van der Waals surface area contributed by atoms with Crippen molar-refractivity contribution < 1.29 is 38.4 Å². The van der Waals surface area contributed by atoms with Crippen LogP contribution in [0, 0.1) is 0 Å². The van der Waals surface area contributed by atoms with E-state index in [-0.39, 0.29) is 17.8 Å². The van der Waals surface area contributed by atoms with E-state index in [0.29, 0.717) is 46.8 Å². The van der Waals surface area contributed by atoms with E-state index in [0.717, 1.165) is 36.0 Å². The second-order valence-electron chi connectivity index (χ2n) is 9.69. The van der Waals surface area contributed by atoms with Gasteiger partial charge in [-0.3, -0.25) is 15.0 Å². The number of pyridine rings is 1. The highest BCUT2D eigenvalue weighted by atomic mass is 16.5. The van der Waals surface area contributed by atoms with E-state index in [4.69, 9.17) is 28.4 Å². The fourth-order valence-corrected chi connectivity index (χ4v) is 4.92. The lowest BCUT2D eigenvalue weighted by molar-refractivity contribution is -0.0204. The summed E-state index contributed by atoms with van der Waals surface area (Å²) in [4.78, 5) is 16.4. The Kier molecular flexibility index (Phi) is 10.6. The van der Waals surface area contributed by atoms with Crippen LogP contribution in [0.1, 0.15) is 65.4 Å². The molecule has 0 unspecified atom stereocenters. The maximum atomic E-state index is 12.5. The summed E-state index contributed by atoms with van der Waals surface area (Å²) in [5.74, 6) is 2.32. The van der Waals surface area contributed by atoms with Gasteiger partial charge < -0.3 is 28.4 Å². The highest BCUT2D eigenvalue weighted by Gasteiger charge is 2.31. The molecule has 1 aromatic heterocycles. The summed E-state index contributed by atoms with van der Waals surface area (Å²) in [6, 6.07) is 11.0. The Bertz CT molecular complexity index is 1350. The van der Waals surface area contributed by atoms with Gasteiger partial charge in [0.15, 0.2) is 23.0 Å². The van der Waals surface area contributed by atoms with Crippen LogP contribution in [0.25, 0.3) is 0 Å². The minimum absolute atomic E-state index is 0.171. The van der Waals surface area contributed by atoms with Crippen LogP contribution in [0.15, 0.2) is 61.1 Å². The number of benzene rings is 2. The quantitative estimate of drug-likeness (QED) is 0.190. The van der Waals surface area contributed by atoms with Gasteiger partial charge in [0.05, 0.1) is 52.8 Å². The molecule has 2 aromatic carbocycles. The van der Waals surface area contributed by atoms with E-state index in [2.05, 4.69) is 4.98 Å². The van der Waals surface area contributed by atoms with E-state index < -0.39 is 5.91 Å². The molecule has 1 N–H and O–H groups in total. The molecular formula is C32H38N2O8. The van der Waals surface area contributed by atoms with Gasteiger partial charge in [-0.15, -0.1) is 0 Å². The molecule has 0 spiro atoms. The second kappa shape index (κ2) is 14.6. The molecule has 42 heavy (non-hydrogen) atoms. The molecule has 1 aliphatic rings. The van der Waals surface area contributed by atoms with Crippen LogP contribution in [0.5, 0.6) is 28.7 Å². The van der Waals surface area contributed by atoms with E-state index in [1.54, 1.807) is 52.8 Å². The molecule has 10 heteroatoms. The van der Waals surface area contributed by atoms with Crippen LogP contribution in [0.4, 0.5) is 0 Å². The summed E-state index contributed by atoms with van der Waals surface area (Å²) in [5, 5.41) is 10.8. The van der Waals surface area contributed by atoms with Crippen LogP contribution in [0.3, 0.4) is 0 Å². The molecule has 10 nitrogen and oxygen atoms in total. The summed E-state index contributed by atoms with van der Waals surface area (Å²) in [5.41, 5.74) is 3.00.